The van der Waals surface area contributed by atoms with Crippen LogP contribution in [0.3, 0.4) is 0 Å². The number of halogens is 2. The summed E-state index contributed by atoms with van der Waals surface area (Å²) in [6, 6.07) is 7.39. The second-order valence-electron chi connectivity index (χ2n) is 11.0. The molecule has 4 aromatic rings. The monoisotopic (exact) mass is 618 g/mol. The van der Waals surface area contributed by atoms with Gasteiger partial charge in [0.15, 0.2) is 11.6 Å². The number of nitrogens with one attached hydrogen (secondary N) is 3. The topological polar surface area (TPSA) is 97.4 Å². The number of piperidine rings is 1. The Labute approximate surface area is 260 Å². The Morgan fingerprint density at radius 1 is 0.909 bits per heavy atom. The average Bonchev–Trinajstić information content (AvgIpc) is 3.05. The van der Waals surface area contributed by atoms with Gasteiger partial charge in [-0.25, -0.2) is 13.8 Å². The Morgan fingerprint density at radius 2 is 1.66 bits per heavy atom. The number of fused-ring (bicyclic) bond motifs is 1. The SMILES string of the molecule is C=Cc1cnc(Nc2ccc(N3CCC(N4CCN(C)CC4)CC3)c(F)c2F)nc1Nc1ccc2nccnc2c1NSC. The number of aromatic nitrogens is 4. The Kier molecular flexibility index (Phi) is 9.05. The van der Waals surface area contributed by atoms with E-state index in [1.807, 2.05) is 23.3 Å². The molecule has 3 N–H and O–H groups in total. The van der Waals surface area contributed by atoms with Crippen molar-refractivity contribution in [2.75, 3.05) is 72.8 Å². The Balaban J connectivity index is 1.18. The summed E-state index contributed by atoms with van der Waals surface area (Å²) in [7, 11) is 2.15. The van der Waals surface area contributed by atoms with Crippen LogP contribution in [0.5, 0.6) is 0 Å². The van der Waals surface area contributed by atoms with E-state index in [0.717, 1.165) is 50.2 Å². The van der Waals surface area contributed by atoms with Crippen molar-refractivity contribution >= 4 is 63.6 Å². The summed E-state index contributed by atoms with van der Waals surface area (Å²) in [5.74, 6) is -1.30. The lowest BCUT2D eigenvalue weighted by molar-refractivity contribution is 0.0981. The first-order valence-corrected chi connectivity index (χ1v) is 15.9. The number of piperazine rings is 1. The van der Waals surface area contributed by atoms with Crippen LogP contribution in [0.25, 0.3) is 17.1 Å². The third-order valence-corrected chi connectivity index (χ3v) is 8.71. The number of anilines is 6. The molecule has 10 nitrogen and oxygen atoms in total. The third-order valence-electron chi connectivity index (χ3n) is 8.30. The van der Waals surface area contributed by atoms with Gasteiger partial charge in [0.2, 0.25) is 5.95 Å². The van der Waals surface area contributed by atoms with Crippen molar-refractivity contribution in [3.05, 3.63) is 66.6 Å². The van der Waals surface area contributed by atoms with Crippen molar-refractivity contribution in [3.63, 3.8) is 0 Å². The summed E-state index contributed by atoms with van der Waals surface area (Å²) in [5, 5.41) is 6.18. The molecule has 2 saturated heterocycles. The molecule has 2 fully saturated rings. The molecule has 0 radical (unpaired) electrons. The van der Waals surface area contributed by atoms with Crippen LogP contribution in [0.2, 0.25) is 0 Å². The Morgan fingerprint density at radius 3 is 2.41 bits per heavy atom. The van der Waals surface area contributed by atoms with Crippen LogP contribution in [0, 0.1) is 11.6 Å². The van der Waals surface area contributed by atoms with E-state index in [1.54, 1.807) is 36.8 Å². The quantitative estimate of drug-likeness (QED) is 0.201. The Bertz CT molecular complexity index is 1640. The van der Waals surface area contributed by atoms with E-state index in [0.29, 0.717) is 41.7 Å². The number of nitrogens with zero attached hydrogens (tertiary/aromatic N) is 7. The predicted molar refractivity (Wildman–Crippen MR) is 176 cm³/mol. The van der Waals surface area contributed by atoms with Crippen LogP contribution in [0.4, 0.5) is 43.3 Å². The molecule has 2 aliphatic heterocycles. The minimum absolute atomic E-state index is 0.0402. The zero-order valence-electron chi connectivity index (χ0n) is 24.9. The molecule has 44 heavy (non-hydrogen) atoms. The molecule has 0 aliphatic carbocycles. The average molecular weight is 619 g/mol. The lowest BCUT2D eigenvalue weighted by atomic mass is 10.0. The third kappa shape index (κ3) is 6.26. The van der Waals surface area contributed by atoms with E-state index in [1.165, 1.54) is 11.9 Å². The van der Waals surface area contributed by atoms with E-state index in [-0.39, 0.29) is 17.3 Å². The maximum absolute atomic E-state index is 15.4. The van der Waals surface area contributed by atoms with Crippen LogP contribution in [-0.4, -0.2) is 88.3 Å². The number of likely N-dealkylation sites (N-methyl/N-ethyl adjacent to an activating group) is 1. The van der Waals surface area contributed by atoms with Crippen molar-refractivity contribution in [1.29, 1.82) is 0 Å². The first kappa shape index (κ1) is 30.0. The maximum Gasteiger partial charge on any atom is 0.229 e. The summed E-state index contributed by atoms with van der Waals surface area (Å²) in [5.41, 5.74) is 3.75. The highest BCUT2D eigenvalue weighted by atomic mass is 32.2. The minimum Gasteiger partial charge on any atom is -0.369 e. The van der Waals surface area contributed by atoms with Gasteiger partial charge in [-0.2, -0.15) is 4.98 Å². The van der Waals surface area contributed by atoms with E-state index in [4.69, 9.17) is 0 Å². The second-order valence-corrected chi connectivity index (χ2v) is 11.6. The van der Waals surface area contributed by atoms with Crippen molar-refractivity contribution in [2.24, 2.45) is 0 Å². The first-order valence-electron chi connectivity index (χ1n) is 14.7. The Hall–Kier alpha value is -4.07. The fourth-order valence-corrected chi connectivity index (χ4v) is 6.24. The summed E-state index contributed by atoms with van der Waals surface area (Å²) in [4.78, 5) is 24.6. The lowest BCUT2D eigenvalue weighted by Gasteiger charge is -2.42. The van der Waals surface area contributed by atoms with Gasteiger partial charge in [-0.05, 0) is 44.2 Å². The molecule has 0 atom stereocenters. The number of rotatable bonds is 9. The summed E-state index contributed by atoms with van der Waals surface area (Å²) in [6.45, 7) is 9.51. The molecule has 6 rings (SSSR count). The van der Waals surface area contributed by atoms with Gasteiger partial charge in [0.1, 0.15) is 11.3 Å². The molecule has 4 heterocycles. The van der Waals surface area contributed by atoms with Gasteiger partial charge in [0.25, 0.3) is 0 Å². The molecule has 0 unspecified atom stereocenters. The molecule has 0 spiro atoms. The molecular weight excluding hydrogens is 582 g/mol. The highest BCUT2D eigenvalue weighted by molar-refractivity contribution is 7.99. The van der Waals surface area contributed by atoms with Crippen molar-refractivity contribution in [1.82, 2.24) is 29.7 Å². The predicted octanol–water partition coefficient (Wildman–Crippen LogP) is 5.73. The fraction of sp³-hybridized carbons (Fsp3) is 0.355. The minimum atomic E-state index is -0.964. The number of hydrogen-bond donors (Lipinski definition) is 3. The van der Waals surface area contributed by atoms with Crippen LogP contribution in [-0.2, 0) is 0 Å². The highest BCUT2D eigenvalue weighted by Crippen LogP contribution is 2.35. The highest BCUT2D eigenvalue weighted by Gasteiger charge is 2.28. The van der Waals surface area contributed by atoms with E-state index < -0.39 is 11.6 Å². The lowest BCUT2D eigenvalue weighted by Crippen LogP contribution is -2.52. The van der Waals surface area contributed by atoms with Crippen LogP contribution < -0.4 is 20.3 Å². The number of benzene rings is 2. The molecule has 230 valence electrons. The zero-order chi connectivity index (χ0) is 30.6. The maximum atomic E-state index is 15.4. The number of hydrogen-bond acceptors (Lipinski definition) is 11. The molecule has 2 aromatic heterocycles. The van der Waals surface area contributed by atoms with E-state index in [2.05, 4.69) is 58.7 Å². The molecule has 13 heteroatoms. The van der Waals surface area contributed by atoms with Crippen molar-refractivity contribution in [3.8, 4) is 0 Å². The molecule has 0 saturated carbocycles. The summed E-state index contributed by atoms with van der Waals surface area (Å²) < 4.78 is 34.1. The van der Waals surface area contributed by atoms with Crippen LogP contribution >= 0.6 is 11.9 Å². The largest absolute Gasteiger partial charge is 0.369 e. The molecule has 2 aliphatic rings. The van der Waals surface area contributed by atoms with E-state index >= 15 is 8.78 Å². The normalized spacial score (nSPS) is 16.7. The fourth-order valence-electron chi connectivity index (χ4n) is 5.83. The van der Waals surface area contributed by atoms with Gasteiger partial charge >= 0.3 is 0 Å². The first-order chi connectivity index (χ1) is 21.4. The van der Waals surface area contributed by atoms with E-state index in [9.17, 15) is 0 Å². The standard InChI is InChI=1S/C31H36F2N10S/c1-4-20-19-36-31(39-30(20)37-24-6-5-23-28(29(24)40-44-3)35-12-11-34-23)38-22-7-8-25(27(33)26(22)32)43-13-9-21(10-14-43)42-17-15-41(2)16-18-42/h4-8,11-12,19,21,40H,1,9-10,13-18H2,2-3H3,(H2,36,37,38,39). The van der Waals surface area contributed by atoms with Crippen molar-refractivity contribution in [2.45, 2.75) is 18.9 Å². The summed E-state index contributed by atoms with van der Waals surface area (Å²) >= 11 is 1.42. The second kappa shape index (κ2) is 13.3. The zero-order valence-corrected chi connectivity index (χ0v) is 25.7. The van der Waals surface area contributed by atoms with Gasteiger partial charge in [-0.3, -0.25) is 14.9 Å². The van der Waals surface area contributed by atoms with Gasteiger partial charge in [-0.15, -0.1) is 0 Å². The molecular formula is C31H36F2N10S. The van der Waals surface area contributed by atoms with Gasteiger partial charge in [0, 0.05) is 75.7 Å². The smallest absolute Gasteiger partial charge is 0.229 e. The summed E-state index contributed by atoms with van der Waals surface area (Å²) in [6.07, 6.45) is 10.2. The molecule has 0 bridgehead atoms. The van der Waals surface area contributed by atoms with Crippen LogP contribution in [0.1, 0.15) is 18.4 Å². The molecule has 2 aromatic carbocycles. The van der Waals surface area contributed by atoms with Crippen molar-refractivity contribution < 1.29 is 8.78 Å². The van der Waals surface area contributed by atoms with Gasteiger partial charge in [-0.1, -0.05) is 24.6 Å². The van der Waals surface area contributed by atoms with Crippen LogP contribution in [0.15, 0.2) is 49.4 Å². The molecule has 0 amide bonds. The van der Waals surface area contributed by atoms with Gasteiger partial charge < -0.3 is 25.2 Å². The van der Waals surface area contributed by atoms with Gasteiger partial charge in [0.05, 0.1) is 28.3 Å².